The van der Waals surface area contributed by atoms with Gasteiger partial charge in [-0.2, -0.15) is 0 Å². The summed E-state index contributed by atoms with van der Waals surface area (Å²) in [5.74, 6) is 0. The number of hydrogen-bond donors (Lipinski definition) is 0. The van der Waals surface area contributed by atoms with Crippen molar-refractivity contribution in [1.82, 2.24) is 0 Å². The molecule has 0 spiro atoms. The summed E-state index contributed by atoms with van der Waals surface area (Å²) in [7, 11) is 0. The van der Waals surface area contributed by atoms with Crippen molar-refractivity contribution < 1.29 is 4.79 Å². The van der Waals surface area contributed by atoms with Crippen LogP contribution in [0.4, 0.5) is 0 Å². The van der Waals surface area contributed by atoms with Crippen LogP contribution in [0.2, 0.25) is 0 Å². The van der Waals surface area contributed by atoms with E-state index >= 15 is 0 Å². The summed E-state index contributed by atoms with van der Waals surface area (Å²) in [6.45, 7) is 2.23. The van der Waals surface area contributed by atoms with Gasteiger partial charge in [0, 0.05) is 0 Å². The van der Waals surface area contributed by atoms with E-state index in [0.29, 0.717) is 0 Å². The number of aldehydes is 1. The van der Waals surface area contributed by atoms with Crippen LogP contribution < -0.4 is 0 Å². The number of rotatable bonds is 10. The molecule has 0 aliphatic rings. The SMILES string of the molecule is CCCCC/C=C\CCCC/C=C/C=O. The lowest BCUT2D eigenvalue weighted by atomic mass is 10.1. The van der Waals surface area contributed by atoms with Crippen molar-refractivity contribution >= 4 is 6.29 Å². The maximum absolute atomic E-state index is 9.97. The van der Waals surface area contributed by atoms with Gasteiger partial charge in [0.1, 0.15) is 6.29 Å². The van der Waals surface area contributed by atoms with Crippen molar-refractivity contribution in [3.63, 3.8) is 0 Å². The minimum atomic E-state index is 0.841. The maximum Gasteiger partial charge on any atom is 0.142 e. The van der Waals surface area contributed by atoms with Crippen LogP contribution in [0, 0.1) is 0 Å². The van der Waals surface area contributed by atoms with Crippen molar-refractivity contribution in [3.05, 3.63) is 24.3 Å². The second kappa shape index (κ2) is 13.2. The summed E-state index contributed by atoms with van der Waals surface area (Å²) in [4.78, 5) is 9.97. The van der Waals surface area contributed by atoms with E-state index in [1.807, 2.05) is 6.08 Å². The molecule has 0 aromatic heterocycles. The van der Waals surface area contributed by atoms with E-state index in [9.17, 15) is 4.79 Å². The third-order valence-electron chi connectivity index (χ3n) is 2.35. The first-order chi connectivity index (χ1) is 7.41. The van der Waals surface area contributed by atoms with Crippen LogP contribution in [-0.4, -0.2) is 6.29 Å². The minimum Gasteiger partial charge on any atom is -0.299 e. The van der Waals surface area contributed by atoms with Crippen LogP contribution in [0.3, 0.4) is 0 Å². The van der Waals surface area contributed by atoms with Crippen molar-refractivity contribution in [1.29, 1.82) is 0 Å². The molecule has 0 aliphatic heterocycles. The number of hydrogen-bond acceptors (Lipinski definition) is 1. The average Bonchev–Trinajstić information content (AvgIpc) is 2.26. The van der Waals surface area contributed by atoms with Crippen molar-refractivity contribution in [2.24, 2.45) is 0 Å². The standard InChI is InChI=1S/C14H24O/c1-2-3-4-5-6-7-8-9-10-11-12-13-14-15/h6-7,12-14H,2-5,8-11H2,1H3/b7-6-,13-12+. The highest BCUT2D eigenvalue weighted by molar-refractivity contribution is 5.64. The largest absolute Gasteiger partial charge is 0.299 e. The molecule has 0 N–H and O–H groups in total. The van der Waals surface area contributed by atoms with E-state index < -0.39 is 0 Å². The van der Waals surface area contributed by atoms with Gasteiger partial charge in [0.25, 0.3) is 0 Å². The highest BCUT2D eigenvalue weighted by atomic mass is 16.1. The van der Waals surface area contributed by atoms with Gasteiger partial charge >= 0.3 is 0 Å². The Morgan fingerprint density at radius 3 is 1.87 bits per heavy atom. The van der Waals surface area contributed by atoms with E-state index in [0.717, 1.165) is 12.7 Å². The molecule has 0 rings (SSSR count). The number of unbranched alkanes of at least 4 members (excludes halogenated alkanes) is 6. The van der Waals surface area contributed by atoms with Gasteiger partial charge in [-0.1, -0.05) is 38.0 Å². The monoisotopic (exact) mass is 208 g/mol. The summed E-state index contributed by atoms with van der Waals surface area (Å²) < 4.78 is 0. The van der Waals surface area contributed by atoms with Gasteiger partial charge in [-0.3, -0.25) is 4.79 Å². The molecule has 1 nitrogen and oxygen atoms in total. The summed E-state index contributed by atoms with van der Waals surface area (Å²) in [5, 5.41) is 0. The zero-order valence-electron chi connectivity index (χ0n) is 9.95. The van der Waals surface area contributed by atoms with E-state index in [4.69, 9.17) is 0 Å². The highest BCUT2D eigenvalue weighted by Gasteiger charge is 1.84. The lowest BCUT2D eigenvalue weighted by Gasteiger charge is -1.93. The number of allylic oxidation sites excluding steroid dienone is 4. The van der Waals surface area contributed by atoms with Gasteiger partial charge < -0.3 is 0 Å². The van der Waals surface area contributed by atoms with Crippen LogP contribution in [-0.2, 0) is 4.79 Å². The molecule has 0 aromatic carbocycles. The lowest BCUT2D eigenvalue weighted by Crippen LogP contribution is -1.74. The summed E-state index contributed by atoms with van der Waals surface area (Å²) in [6, 6.07) is 0. The summed E-state index contributed by atoms with van der Waals surface area (Å²) >= 11 is 0. The van der Waals surface area contributed by atoms with Gasteiger partial charge in [-0.25, -0.2) is 0 Å². The van der Waals surface area contributed by atoms with Crippen LogP contribution in [0.1, 0.15) is 58.3 Å². The Balaban J connectivity index is 3.09. The Hall–Kier alpha value is -0.850. The van der Waals surface area contributed by atoms with E-state index in [2.05, 4.69) is 19.1 Å². The van der Waals surface area contributed by atoms with Crippen molar-refractivity contribution in [3.8, 4) is 0 Å². The fraction of sp³-hybridized carbons (Fsp3) is 0.643. The van der Waals surface area contributed by atoms with E-state index in [1.165, 1.54) is 44.9 Å². The average molecular weight is 208 g/mol. The molecule has 0 aliphatic carbocycles. The van der Waals surface area contributed by atoms with Crippen LogP contribution >= 0.6 is 0 Å². The first-order valence-electron chi connectivity index (χ1n) is 6.17. The summed E-state index contributed by atoms with van der Waals surface area (Å²) in [5.41, 5.74) is 0. The molecule has 0 atom stereocenters. The second-order valence-corrected chi connectivity index (χ2v) is 3.82. The lowest BCUT2D eigenvalue weighted by molar-refractivity contribution is -0.104. The molecule has 0 fully saturated rings. The predicted molar refractivity (Wildman–Crippen MR) is 67.0 cm³/mol. The Kier molecular flexibility index (Phi) is 12.4. The molecule has 86 valence electrons. The molecule has 0 saturated heterocycles. The third-order valence-corrected chi connectivity index (χ3v) is 2.35. The first kappa shape index (κ1) is 14.2. The summed E-state index contributed by atoms with van der Waals surface area (Å²) in [6.07, 6.45) is 18.8. The van der Waals surface area contributed by atoms with Crippen molar-refractivity contribution in [2.45, 2.75) is 58.3 Å². The second-order valence-electron chi connectivity index (χ2n) is 3.82. The van der Waals surface area contributed by atoms with E-state index in [-0.39, 0.29) is 0 Å². The fourth-order valence-corrected chi connectivity index (χ4v) is 1.42. The molecule has 0 bridgehead atoms. The molecule has 1 heteroatoms. The smallest absolute Gasteiger partial charge is 0.142 e. The third kappa shape index (κ3) is 13.2. The fourth-order valence-electron chi connectivity index (χ4n) is 1.42. The van der Waals surface area contributed by atoms with Gasteiger partial charge in [0.15, 0.2) is 0 Å². The molecule has 0 unspecified atom stereocenters. The van der Waals surface area contributed by atoms with Gasteiger partial charge in [-0.15, -0.1) is 0 Å². The molecule has 0 amide bonds. The normalized spacial score (nSPS) is 11.5. The van der Waals surface area contributed by atoms with Crippen molar-refractivity contribution in [2.75, 3.05) is 0 Å². The molecule has 15 heavy (non-hydrogen) atoms. The van der Waals surface area contributed by atoms with Gasteiger partial charge in [-0.05, 0) is 44.6 Å². The van der Waals surface area contributed by atoms with Crippen LogP contribution in [0.25, 0.3) is 0 Å². The molecule has 0 heterocycles. The Labute approximate surface area is 94.3 Å². The Morgan fingerprint density at radius 2 is 1.33 bits per heavy atom. The molecule has 0 radical (unpaired) electrons. The van der Waals surface area contributed by atoms with Crippen LogP contribution in [0.15, 0.2) is 24.3 Å². The van der Waals surface area contributed by atoms with Gasteiger partial charge in [0.05, 0.1) is 0 Å². The van der Waals surface area contributed by atoms with E-state index in [1.54, 1.807) is 6.08 Å². The minimum absolute atomic E-state index is 0.841. The zero-order valence-corrected chi connectivity index (χ0v) is 9.95. The Bertz CT molecular complexity index is 180. The number of carbonyl (C=O) groups is 1. The molecular formula is C14H24O. The topological polar surface area (TPSA) is 17.1 Å². The predicted octanol–water partition coefficient (Wildman–Crippen LogP) is 4.44. The first-order valence-corrected chi connectivity index (χ1v) is 6.17. The molecule has 0 saturated carbocycles. The van der Waals surface area contributed by atoms with Gasteiger partial charge in [0.2, 0.25) is 0 Å². The molecule has 0 aromatic rings. The zero-order chi connectivity index (χ0) is 11.2. The highest BCUT2D eigenvalue weighted by Crippen LogP contribution is 2.04. The Morgan fingerprint density at radius 1 is 0.800 bits per heavy atom. The maximum atomic E-state index is 9.97. The molecular weight excluding hydrogens is 184 g/mol. The van der Waals surface area contributed by atoms with Crippen LogP contribution in [0.5, 0.6) is 0 Å². The quantitative estimate of drug-likeness (QED) is 0.224. The number of carbonyl (C=O) groups excluding carboxylic acids is 1.